The van der Waals surface area contributed by atoms with Gasteiger partial charge in [0.05, 0.1) is 12.8 Å². The highest BCUT2D eigenvalue weighted by atomic mass is 35.5. The summed E-state index contributed by atoms with van der Waals surface area (Å²) in [6, 6.07) is 7.08. The van der Waals surface area contributed by atoms with E-state index < -0.39 is 6.04 Å². The number of para-hydroxylation sites is 2. The largest absolute Gasteiger partial charge is 0.495 e. The van der Waals surface area contributed by atoms with Gasteiger partial charge in [0.15, 0.2) is 0 Å². The quantitative estimate of drug-likeness (QED) is 0.835. The molecule has 1 aliphatic carbocycles. The van der Waals surface area contributed by atoms with Crippen LogP contribution in [0, 0.1) is 11.3 Å². The van der Waals surface area contributed by atoms with Crippen LogP contribution in [0.25, 0.3) is 0 Å². The number of amides is 2. The van der Waals surface area contributed by atoms with Gasteiger partial charge in [0.25, 0.3) is 0 Å². The molecule has 4 rings (SSSR count). The first-order valence-corrected chi connectivity index (χ1v) is 9.10. The van der Waals surface area contributed by atoms with Gasteiger partial charge >= 0.3 is 0 Å². The number of nitrogens with zero attached hydrogens (tertiary/aromatic N) is 1. The number of nitrogens with one attached hydrogen (secondary N) is 2. The molecular formula is C19H26ClN3O3. The van der Waals surface area contributed by atoms with E-state index in [2.05, 4.69) is 10.6 Å². The number of hydrogen-bond acceptors (Lipinski definition) is 4. The maximum atomic E-state index is 12.8. The minimum atomic E-state index is -0.420. The van der Waals surface area contributed by atoms with Crippen LogP contribution in [0.1, 0.15) is 25.7 Å². The molecule has 1 spiro atoms. The fourth-order valence-corrected chi connectivity index (χ4v) is 4.37. The van der Waals surface area contributed by atoms with Crippen molar-refractivity contribution in [3.63, 3.8) is 0 Å². The third kappa shape index (κ3) is 3.28. The van der Waals surface area contributed by atoms with Crippen molar-refractivity contribution < 1.29 is 14.3 Å². The summed E-state index contributed by atoms with van der Waals surface area (Å²) in [4.78, 5) is 27.1. The molecule has 2 atom stereocenters. The van der Waals surface area contributed by atoms with Crippen molar-refractivity contribution in [1.29, 1.82) is 0 Å². The topological polar surface area (TPSA) is 70.7 Å². The van der Waals surface area contributed by atoms with E-state index in [0.717, 1.165) is 38.0 Å². The first-order chi connectivity index (χ1) is 12.1. The lowest BCUT2D eigenvalue weighted by atomic mass is 9.91. The molecule has 2 N–H and O–H groups in total. The minimum absolute atomic E-state index is 0. The molecule has 6 nitrogen and oxygen atoms in total. The third-order valence-corrected chi connectivity index (χ3v) is 6.00. The first kappa shape index (κ1) is 19.0. The number of benzene rings is 1. The van der Waals surface area contributed by atoms with Gasteiger partial charge in [-0.1, -0.05) is 12.1 Å². The molecule has 142 valence electrons. The maximum absolute atomic E-state index is 12.8. The van der Waals surface area contributed by atoms with Gasteiger partial charge in [-0.05, 0) is 56.3 Å². The van der Waals surface area contributed by atoms with Crippen molar-refractivity contribution in [3.05, 3.63) is 24.3 Å². The molecule has 1 aromatic rings. The minimum Gasteiger partial charge on any atom is -0.495 e. The molecule has 3 aliphatic rings. The molecule has 2 amide bonds. The summed E-state index contributed by atoms with van der Waals surface area (Å²) < 4.78 is 5.36. The standard InChI is InChI=1S/C19H25N3O3.ClH/c1-25-16-5-3-2-4-15(16)22-11-6-14(18(22)24)21-17(23)13-12-19(13)7-9-20-10-8-19;/h2-5,13-14,20H,6-12H2,1H3,(H,21,23);1H. The molecular weight excluding hydrogens is 354 g/mol. The van der Waals surface area contributed by atoms with Crippen LogP contribution in [0.4, 0.5) is 5.69 Å². The number of methoxy groups -OCH3 is 1. The van der Waals surface area contributed by atoms with Gasteiger partial charge in [-0.15, -0.1) is 12.4 Å². The molecule has 26 heavy (non-hydrogen) atoms. The fraction of sp³-hybridized carbons (Fsp3) is 0.579. The molecule has 3 fully saturated rings. The molecule has 0 radical (unpaired) electrons. The zero-order chi connectivity index (χ0) is 17.4. The molecule has 2 heterocycles. The number of carbonyl (C=O) groups is 2. The van der Waals surface area contributed by atoms with Gasteiger partial charge in [-0.25, -0.2) is 0 Å². The Morgan fingerprint density at radius 3 is 2.77 bits per heavy atom. The van der Waals surface area contributed by atoms with E-state index in [0.29, 0.717) is 18.7 Å². The second-order valence-corrected chi connectivity index (χ2v) is 7.38. The lowest BCUT2D eigenvalue weighted by Gasteiger charge is -2.23. The smallest absolute Gasteiger partial charge is 0.249 e. The average Bonchev–Trinajstić information content (AvgIpc) is 3.22. The van der Waals surface area contributed by atoms with E-state index in [4.69, 9.17) is 4.74 Å². The fourth-order valence-electron chi connectivity index (χ4n) is 4.37. The Hall–Kier alpha value is -1.79. The normalized spacial score (nSPS) is 26.3. The average molecular weight is 380 g/mol. The zero-order valence-electron chi connectivity index (χ0n) is 15.0. The van der Waals surface area contributed by atoms with Gasteiger partial charge in [-0.2, -0.15) is 0 Å². The summed E-state index contributed by atoms with van der Waals surface area (Å²) in [6.45, 7) is 2.59. The number of hydrogen-bond donors (Lipinski definition) is 2. The van der Waals surface area contributed by atoms with Crippen LogP contribution < -0.4 is 20.3 Å². The van der Waals surface area contributed by atoms with Crippen LogP contribution >= 0.6 is 12.4 Å². The zero-order valence-corrected chi connectivity index (χ0v) is 15.8. The summed E-state index contributed by atoms with van der Waals surface area (Å²) in [5, 5.41) is 6.36. The summed E-state index contributed by atoms with van der Waals surface area (Å²) in [5.41, 5.74) is 0.965. The highest BCUT2D eigenvalue weighted by Crippen LogP contribution is 2.58. The highest BCUT2D eigenvalue weighted by molar-refractivity contribution is 6.02. The van der Waals surface area contributed by atoms with E-state index in [1.807, 2.05) is 24.3 Å². The SMILES string of the molecule is COc1ccccc1N1CCC(NC(=O)C2CC23CCNCC3)C1=O.Cl. The van der Waals surface area contributed by atoms with Crippen molar-refractivity contribution >= 4 is 29.9 Å². The lowest BCUT2D eigenvalue weighted by molar-refractivity contribution is -0.127. The van der Waals surface area contributed by atoms with E-state index in [1.165, 1.54) is 0 Å². The van der Waals surface area contributed by atoms with E-state index in [1.54, 1.807) is 12.0 Å². The summed E-state index contributed by atoms with van der Waals surface area (Å²) in [7, 11) is 1.60. The first-order valence-electron chi connectivity index (χ1n) is 9.10. The molecule has 0 aromatic heterocycles. The van der Waals surface area contributed by atoms with Crippen molar-refractivity contribution in [2.24, 2.45) is 11.3 Å². The van der Waals surface area contributed by atoms with Crippen molar-refractivity contribution in [2.45, 2.75) is 31.7 Å². The van der Waals surface area contributed by atoms with E-state index in [-0.39, 0.29) is 35.6 Å². The number of anilines is 1. The highest BCUT2D eigenvalue weighted by Gasteiger charge is 2.58. The Morgan fingerprint density at radius 1 is 1.31 bits per heavy atom. The van der Waals surface area contributed by atoms with Gasteiger partial charge in [0.2, 0.25) is 11.8 Å². The molecule has 0 bridgehead atoms. The molecule has 1 saturated carbocycles. The van der Waals surface area contributed by atoms with Crippen molar-refractivity contribution in [3.8, 4) is 5.75 Å². The number of ether oxygens (including phenoxy) is 1. The molecule has 7 heteroatoms. The second kappa shape index (κ2) is 7.45. The predicted octanol–water partition coefficient (Wildman–Crippen LogP) is 1.73. The predicted molar refractivity (Wildman–Crippen MR) is 102 cm³/mol. The van der Waals surface area contributed by atoms with Crippen LogP contribution in [-0.2, 0) is 9.59 Å². The van der Waals surface area contributed by atoms with Crippen LogP contribution in [0.3, 0.4) is 0 Å². The number of rotatable bonds is 4. The Morgan fingerprint density at radius 2 is 2.04 bits per heavy atom. The van der Waals surface area contributed by atoms with Crippen LogP contribution in [0.5, 0.6) is 5.75 Å². The third-order valence-electron chi connectivity index (χ3n) is 6.00. The lowest BCUT2D eigenvalue weighted by Crippen LogP contribution is -2.43. The van der Waals surface area contributed by atoms with Crippen molar-refractivity contribution in [2.75, 3.05) is 31.6 Å². The van der Waals surface area contributed by atoms with E-state index >= 15 is 0 Å². The Labute approximate surface area is 160 Å². The van der Waals surface area contributed by atoms with Gasteiger partial charge < -0.3 is 20.3 Å². The number of halogens is 1. The Kier molecular flexibility index (Phi) is 5.44. The van der Waals surface area contributed by atoms with Crippen LogP contribution in [0.2, 0.25) is 0 Å². The summed E-state index contributed by atoms with van der Waals surface area (Å²) >= 11 is 0. The molecule has 2 unspecified atom stereocenters. The molecule has 2 saturated heterocycles. The Bertz CT molecular complexity index is 690. The maximum Gasteiger partial charge on any atom is 0.249 e. The molecule has 2 aliphatic heterocycles. The van der Waals surface area contributed by atoms with Crippen molar-refractivity contribution in [1.82, 2.24) is 10.6 Å². The molecule has 1 aromatic carbocycles. The summed E-state index contributed by atoms with van der Waals surface area (Å²) in [5.74, 6) is 0.779. The van der Waals surface area contributed by atoms with Gasteiger partial charge in [-0.3, -0.25) is 9.59 Å². The Balaban J connectivity index is 0.00000196. The summed E-state index contributed by atoms with van der Waals surface area (Å²) in [6.07, 6.45) is 3.75. The van der Waals surface area contributed by atoms with Crippen LogP contribution in [0.15, 0.2) is 24.3 Å². The second-order valence-electron chi connectivity index (χ2n) is 7.38. The van der Waals surface area contributed by atoms with Gasteiger partial charge in [0, 0.05) is 12.5 Å². The van der Waals surface area contributed by atoms with Gasteiger partial charge in [0.1, 0.15) is 11.8 Å². The number of piperidine rings is 1. The van der Waals surface area contributed by atoms with E-state index in [9.17, 15) is 9.59 Å². The monoisotopic (exact) mass is 379 g/mol. The number of carbonyl (C=O) groups excluding carboxylic acids is 2. The van der Waals surface area contributed by atoms with Crippen LogP contribution in [-0.4, -0.2) is 44.6 Å².